The first-order chi connectivity index (χ1) is 11.5. The van der Waals surface area contributed by atoms with Gasteiger partial charge < -0.3 is 24.5 Å². The van der Waals surface area contributed by atoms with Gasteiger partial charge in [-0.25, -0.2) is 4.98 Å². The Morgan fingerprint density at radius 2 is 1.83 bits per heavy atom. The van der Waals surface area contributed by atoms with E-state index in [9.17, 15) is 0 Å². The number of rotatable bonds is 5. The number of fused-ring (bicyclic) bond motifs is 1. The summed E-state index contributed by atoms with van der Waals surface area (Å²) < 4.78 is 16.2. The number of hydrogen-bond donors (Lipinski definition) is 1. The summed E-state index contributed by atoms with van der Waals surface area (Å²) in [5, 5.41) is 0.721. The van der Waals surface area contributed by atoms with Gasteiger partial charge in [0.25, 0.3) is 0 Å². The predicted octanol–water partition coefficient (Wildman–Crippen LogP) is 2.77. The maximum atomic E-state index is 6.11. The normalized spacial score (nSPS) is 10.8. The lowest BCUT2D eigenvalue weighted by molar-refractivity contribution is 0.356. The molecule has 0 saturated heterocycles. The van der Waals surface area contributed by atoms with Crippen molar-refractivity contribution in [2.75, 3.05) is 31.9 Å². The van der Waals surface area contributed by atoms with Crippen LogP contribution in [0.4, 0.5) is 11.8 Å². The van der Waals surface area contributed by atoms with E-state index < -0.39 is 0 Å². The molecule has 0 fully saturated rings. The zero-order valence-electron chi connectivity index (χ0n) is 14.2. The highest BCUT2D eigenvalue weighted by Crippen LogP contribution is 2.34. The van der Waals surface area contributed by atoms with E-state index >= 15 is 0 Å². The fraction of sp³-hybridized carbons (Fsp3) is 0.294. The van der Waals surface area contributed by atoms with Gasteiger partial charge in [0.1, 0.15) is 17.3 Å². The first kappa shape index (κ1) is 15.9. The van der Waals surface area contributed by atoms with Crippen molar-refractivity contribution >= 4 is 22.7 Å². The molecular formula is C17H20N4O3. The quantitative estimate of drug-likeness (QED) is 0.770. The number of nitrogens with two attached hydrogens (primary N) is 1. The lowest BCUT2D eigenvalue weighted by Gasteiger charge is -2.17. The van der Waals surface area contributed by atoms with Crippen LogP contribution in [0.2, 0.25) is 0 Å². The smallest absolute Gasteiger partial charge is 0.228 e. The number of nitrogens with zero attached hydrogens (tertiary/aromatic N) is 3. The molecule has 0 unspecified atom stereocenters. The third kappa shape index (κ3) is 2.92. The van der Waals surface area contributed by atoms with Crippen LogP contribution in [0.3, 0.4) is 0 Å². The van der Waals surface area contributed by atoms with Crippen molar-refractivity contribution in [1.29, 1.82) is 0 Å². The van der Waals surface area contributed by atoms with Gasteiger partial charge >= 0.3 is 0 Å². The standard InChI is InChI=1S/C17H20N4O3/c1-10-5-6-11(24-10)9-21(2)17-19-13-8-15(23-4)14(22-3)7-12(13)16(18)20-17/h5-8H,9H2,1-4H3,(H2,18,19,20). The van der Waals surface area contributed by atoms with Crippen LogP contribution in [0.1, 0.15) is 11.5 Å². The highest BCUT2D eigenvalue weighted by atomic mass is 16.5. The van der Waals surface area contributed by atoms with Crippen LogP contribution in [0, 0.1) is 6.92 Å². The first-order valence-corrected chi connectivity index (χ1v) is 7.47. The number of furan rings is 1. The Morgan fingerprint density at radius 3 is 2.46 bits per heavy atom. The maximum absolute atomic E-state index is 6.11. The number of aromatic nitrogens is 2. The second-order valence-corrected chi connectivity index (χ2v) is 5.50. The molecule has 0 aliphatic carbocycles. The van der Waals surface area contributed by atoms with Crippen molar-refractivity contribution in [1.82, 2.24) is 9.97 Å². The molecule has 0 amide bonds. The molecule has 0 aliphatic heterocycles. The lowest BCUT2D eigenvalue weighted by Crippen LogP contribution is -2.19. The minimum atomic E-state index is 0.387. The van der Waals surface area contributed by atoms with Crippen molar-refractivity contribution in [2.45, 2.75) is 13.5 Å². The summed E-state index contributed by atoms with van der Waals surface area (Å²) in [7, 11) is 5.05. The average Bonchev–Trinajstić information content (AvgIpc) is 2.98. The Hall–Kier alpha value is -2.96. The van der Waals surface area contributed by atoms with Gasteiger partial charge in [0.15, 0.2) is 11.5 Å². The van der Waals surface area contributed by atoms with Gasteiger partial charge in [-0.05, 0) is 25.1 Å². The molecule has 1 aromatic carbocycles. The molecule has 126 valence electrons. The van der Waals surface area contributed by atoms with E-state index in [2.05, 4.69) is 9.97 Å². The van der Waals surface area contributed by atoms with Crippen LogP contribution in [-0.2, 0) is 6.54 Å². The van der Waals surface area contributed by atoms with Crippen LogP contribution >= 0.6 is 0 Å². The Bertz CT molecular complexity index is 876. The highest BCUT2D eigenvalue weighted by Gasteiger charge is 2.14. The van der Waals surface area contributed by atoms with Gasteiger partial charge in [-0.1, -0.05) is 0 Å². The molecule has 7 nitrogen and oxygen atoms in total. The largest absolute Gasteiger partial charge is 0.493 e. The Labute approximate surface area is 140 Å². The van der Waals surface area contributed by atoms with Gasteiger partial charge in [-0.2, -0.15) is 4.98 Å². The molecule has 0 radical (unpaired) electrons. The number of hydrogen-bond acceptors (Lipinski definition) is 7. The Balaban J connectivity index is 1.99. The van der Waals surface area contributed by atoms with E-state index in [1.165, 1.54) is 0 Å². The van der Waals surface area contributed by atoms with E-state index in [-0.39, 0.29) is 0 Å². The second-order valence-electron chi connectivity index (χ2n) is 5.50. The molecule has 0 bridgehead atoms. The second kappa shape index (κ2) is 6.27. The van der Waals surface area contributed by atoms with Crippen LogP contribution in [0.25, 0.3) is 10.9 Å². The molecule has 7 heteroatoms. The number of anilines is 2. The number of benzene rings is 1. The molecule has 0 aliphatic rings. The Kier molecular flexibility index (Phi) is 4.16. The predicted molar refractivity (Wildman–Crippen MR) is 92.6 cm³/mol. The van der Waals surface area contributed by atoms with Crippen LogP contribution in [-0.4, -0.2) is 31.2 Å². The number of ether oxygens (including phenoxy) is 2. The van der Waals surface area contributed by atoms with E-state index in [0.29, 0.717) is 35.3 Å². The summed E-state index contributed by atoms with van der Waals surface area (Å²) in [4.78, 5) is 10.8. The van der Waals surface area contributed by atoms with Crippen molar-refractivity contribution in [3.63, 3.8) is 0 Å². The summed E-state index contributed by atoms with van der Waals surface area (Å²) in [5.74, 6) is 3.80. The zero-order valence-corrected chi connectivity index (χ0v) is 14.2. The summed E-state index contributed by atoms with van der Waals surface area (Å²) in [6.45, 7) is 2.46. The molecule has 2 aromatic heterocycles. The van der Waals surface area contributed by atoms with Gasteiger partial charge in [0, 0.05) is 18.5 Å². The first-order valence-electron chi connectivity index (χ1n) is 7.47. The third-order valence-electron chi connectivity index (χ3n) is 3.75. The summed E-state index contributed by atoms with van der Waals surface area (Å²) in [6.07, 6.45) is 0. The maximum Gasteiger partial charge on any atom is 0.228 e. The molecule has 0 spiro atoms. The molecule has 2 heterocycles. The van der Waals surface area contributed by atoms with Gasteiger partial charge in [0.05, 0.1) is 26.3 Å². The minimum absolute atomic E-state index is 0.387. The highest BCUT2D eigenvalue weighted by molar-refractivity contribution is 5.91. The van der Waals surface area contributed by atoms with E-state index in [0.717, 1.165) is 16.9 Å². The molecule has 0 atom stereocenters. The number of nitrogen functional groups attached to an aromatic ring is 1. The van der Waals surface area contributed by atoms with Crippen molar-refractivity contribution in [3.05, 3.63) is 35.8 Å². The van der Waals surface area contributed by atoms with Crippen molar-refractivity contribution < 1.29 is 13.9 Å². The lowest BCUT2D eigenvalue weighted by atomic mass is 10.2. The zero-order chi connectivity index (χ0) is 17.3. The monoisotopic (exact) mass is 328 g/mol. The van der Waals surface area contributed by atoms with Crippen LogP contribution in [0.5, 0.6) is 11.5 Å². The van der Waals surface area contributed by atoms with Crippen molar-refractivity contribution in [2.24, 2.45) is 0 Å². The van der Waals surface area contributed by atoms with Gasteiger partial charge in [0.2, 0.25) is 5.95 Å². The van der Waals surface area contributed by atoms with E-state index in [1.807, 2.05) is 31.0 Å². The molecule has 2 N–H and O–H groups in total. The molecule has 0 saturated carbocycles. The summed E-state index contributed by atoms with van der Waals surface area (Å²) in [6, 6.07) is 7.43. The molecule has 24 heavy (non-hydrogen) atoms. The third-order valence-corrected chi connectivity index (χ3v) is 3.75. The fourth-order valence-electron chi connectivity index (χ4n) is 2.51. The van der Waals surface area contributed by atoms with E-state index in [4.69, 9.17) is 19.6 Å². The summed E-state index contributed by atoms with van der Waals surface area (Å²) >= 11 is 0. The van der Waals surface area contributed by atoms with Crippen LogP contribution in [0.15, 0.2) is 28.7 Å². The number of aryl methyl sites for hydroxylation is 1. The van der Waals surface area contributed by atoms with Gasteiger partial charge in [-0.15, -0.1) is 0 Å². The Morgan fingerprint density at radius 1 is 1.12 bits per heavy atom. The van der Waals surface area contributed by atoms with Crippen molar-refractivity contribution in [3.8, 4) is 11.5 Å². The average molecular weight is 328 g/mol. The van der Waals surface area contributed by atoms with Gasteiger partial charge in [-0.3, -0.25) is 0 Å². The fourth-order valence-corrected chi connectivity index (χ4v) is 2.51. The SMILES string of the molecule is COc1cc2nc(N(C)Cc3ccc(C)o3)nc(N)c2cc1OC. The molecule has 3 aromatic rings. The van der Waals surface area contributed by atoms with Crippen LogP contribution < -0.4 is 20.1 Å². The molecular weight excluding hydrogens is 308 g/mol. The van der Waals surface area contributed by atoms with E-state index in [1.54, 1.807) is 26.4 Å². The number of methoxy groups -OCH3 is 2. The topological polar surface area (TPSA) is 86.6 Å². The molecule has 3 rings (SSSR count). The minimum Gasteiger partial charge on any atom is -0.493 e. The summed E-state index contributed by atoms with van der Waals surface area (Å²) in [5.41, 5.74) is 6.80.